The summed E-state index contributed by atoms with van der Waals surface area (Å²) in [4.78, 5) is 17.6. The molecule has 7 heteroatoms. The van der Waals surface area contributed by atoms with Gasteiger partial charge in [0.15, 0.2) is 0 Å². The van der Waals surface area contributed by atoms with E-state index in [1.54, 1.807) is 12.3 Å². The number of hydrogen-bond acceptors (Lipinski definition) is 5. The molecule has 0 unspecified atom stereocenters. The summed E-state index contributed by atoms with van der Waals surface area (Å²) in [5, 5.41) is 15.5. The number of carboxylic acid groups (broad SMARTS) is 1. The highest BCUT2D eigenvalue weighted by atomic mass is 79.9. The second-order valence-electron chi connectivity index (χ2n) is 4.37. The molecule has 2 rings (SSSR count). The number of hydrogen-bond donors (Lipinski definition) is 3. The summed E-state index contributed by atoms with van der Waals surface area (Å²) in [5.41, 5.74) is 0.190. The lowest BCUT2D eigenvalue weighted by atomic mass is 10.2. The Labute approximate surface area is 120 Å². The average Bonchev–Trinajstić information content (AvgIpc) is 2.41. The Kier molecular flexibility index (Phi) is 5.12. The van der Waals surface area contributed by atoms with Crippen LogP contribution in [0.3, 0.4) is 0 Å². The third kappa shape index (κ3) is 4.15. The molecule has 19 heavy (non-hydrogen) atoms. The van der Waals surface area contributed by atoms with E-state index in [0.717, 1.165) is 32.7 Å². The first kappa shape index (κ1) is 14.2. The Bertz CT molecular complexity index is 449. The molecule has 1 aliphatic heterocycles. The van der Waals surface area contributed by atoms with Gasteiger partial charge in [0, 0.05) is 49.9 Å². The molecule has 1 aromatic rings. The van der Waals surface area contributed by atoms with Crippen molar-refractivity contribution in [2.24, 2.45) is 0 Å². The molecule has 0 atom stereocenters. The van der Waals surface area contributed by atoms with E-state index in [4.69, 9.17) is 5.11 Å². The van der Waals surface area contributed by atoms with Crippen LogP contribution < -0.4 is 10.6 Å². The van der Waals surface area contributed by atoms with Crippen LogP contribution in [0, 0.1) is 0 Å². The molecule has 2 heterocycles. The number of carbonyl (C=O) groups is 1. The number of anilines is 1. The molecule has 0 aromatic carbocycles. The summed E-state index contributed by atoms with van der Waals surface area (Å²) in [5.74, 6) is -0.552. The van der Waals surface area contributed by atoms with Crippen molar-refractivity contribution < 1.29 is 9.90 Å². The van der Waals surface area contributed by atoms with Crippen LogP contribution in [0.15, 0.2) is 16.7 Å². The van der Waals surface area contributed by atoms with E-state index in [2.05, 4.69) is 36.4 Å². The molecule has 0 amide bonds. The highest BCUT2D eigenvalue weighted by Gasteiger charge is 2.13. The first-order chi connectivity index (χ1) is 9.16. The molecule has 0 saturated carbocycles. The van der Waals surface area contributed by atoms with Crippen LogP contribution in [0.1, 0.15) is 10.4 Å². The van der Waals surface area contributed by atoms with E-state index >= 15 is 0 Å². The predicted octanol–water partition coefficient (Wildman–Crippen LogP) is 0.859. The van der Waals surface area contributed by atoms with E-state index in [-0.39, 0.29) is 5.56 Å². The van der Waals surface area contributed by atoms with Crippen LogP contribution in [0.4, 0.5) is 5.82 Å². The second-order valence-corrected chi connectivity index (χ2v) is 5.29. The Hall–Kier alpha value is -1.18. The lowest BCUT2D eigenvalue weighted by Crippen LogP contribution is -2.45. The summed E-state index contributed by atoms with van der Waals surface area (Å²) in [6.07, 6.45) is 1.60. The van der Waals surface area contributed by atoms with Gasteiger partial charge in [0.05, 0.1) is 0 Å². The molecule has 0 bridgehead atoms. The van der Waals surface area contributed by atoms with Crippen LogP contribution in [0.2, 0.25) is 0 Å². The van der Waals surface area contributed by atoms with Gasteiger partial charge in [0.2, 0.25) is 0 Å². The van der Waals surface area contributed by atoms with E-state index in [1.165, 1.54) is 0 Å². The fraction of sp³-hybridized carbons (Fsp3) is 0.500. The Morgan fingerprint density at radius 3 is 2.95 bits per heavy atom. The fourth-order valence-electron chi connectivity index (χ4n) is 2.01. The molecule has 0 aliphatic carbocycles. The van der Waals surface area contributed by atoms with Gasteiger partial charge in [0.25, 0.3) is 0 Å². The van der Waals surface area contributed by atoms with Gasteiger partial charge in [-0.2, -0.15) is 0 Å². The number of aromatic nitrogens is 1. The summed E-state index contributed by atoms with van der Waals surface area (Å²) in [6.45, 7) is 5.66. The Morgan fingerprint density at radius 1 is 1.53 bits per heavy atom. The topological polar surface area (TPSA) is 77.5 Å². The third-order valence-electron chi connectivity index (χ3n) is 3.01. The summed E-state index contributed by atoms with van der Waals surface area (Å²) < 4.78 is 0.664. The van der Waals surface area contributed by atoms with Crippen LogP contribution in [-0.4, -0.2) is 60.2 Å². The van der Waals surface area contributed by atoms with Gasteiger partial charge in [0.1, 0.15) is 11.4 Å². The molecular weight excluding hydrogens is 312 g/mol. The van der Waals surface area contributed by atoms with Gasteiger partial charge in [-0.05, 0) is 22.0 Å². The zero-order valence-corrected chi connectivity index (χ0v) is 12.1. The van der Waals surface area contributed by atoms with E-state index in [0.29, 0.717) is 16.8 Å². The monoisotopic (exact) mass is 328 g/mol. The van der Waals surface area contributed by atoms with E-state index < -0.39 is 5.97 Å². The number of piperazine rings is 1. The highest BCUT2D eigenvalue weighted by Crippen LogP contribution is 2.17. The van der Waals surface area contributed by atoms with Crippen molar-refractivity contribution >= 4 is 27.7 Å². The Morgan fingerprint density at radius 2 is 2.26 bits per heavy atom. The zero-order valence-electron chi connectivity index (χ0n) is 10.5. The van der Waals surface area contributed by atoms with Gasteiger partial charge in [-0.15, -0.1) is 0 Å². The van der Waals surface area contributed by atoms with Crippen LogP contribution in [0.25, 0.3) is 0 Å². The van der Waals surface area contributed by atoms with Gasteiger partial charge >= 0.3 is 5.97 Å². The van der Waals surface area contributed by atoms with Crippen molar-refractivity contribution in [1.29, 1.82) is 0 Å². The maximum Gasteiger partial charge on any atom is 0.339 e. The number of nitrogens with one attached hydrogen (secondary N) is 2. The molecule has 6 nitrogen and oxygen atoms in total. The van der Waals surface area contributed by atoms with Gasteiger partial charge < -0.3 is 15.7 Å². The summed E-state index contributed by atoms with van der Waals surface area (Å²) in [7, 11) is 0. The predicted molar refractivity (Wildman–Crippen MR) is 76.7 cm³/mol. The van der Waals surface area contributed by atoms with Crippen molar-refractivity contribution in [3.63, 3.8) is 0 Å². The molecular formula is C12H17BrN4O2. The Balaban J connectivity index is 1.89. The normalized spacial score (nSPS) is 16.3. The van der Waals surface area contributed by atoms with Gasteiger partial charge in [-0.1, -0.05) is 0 Å². The van der Waals surface area contributed by atoms with Crippen LogP contribution in [0.5, 0.6) is 0 Å². The smallest absolute Gasteiger partial charge is 0.339 e. The van der Waals surface area contributed by atoms with Gasteiger partial charge in [-0.3, -0.25) is 4.90 Å². The van der Waals surface area contributed by atoms with Crippen LogP contribution in [-0.2, 0) is 0 Å². The first-order valence-electron chi connectivity index (χ1n) is 6.22. The third-order valence-corrected chi connectivity index (χ3v) is 3.45. The molecule has 3 N–H and O–H groups in total. The van der Waals surface area contributed by atoms with E-state index in [1.807, 2.05) is 0 Å². The van der Waals surface area contributed by atoms with Crippen molar-refractivity contribution in [2.45, 2.75) is 0 Å². The number of carboxylic acids is 1. The van der Waals surface area contributed by atoms with Crippen molar-refractivity contribution in [3.8, 4) is 0 Å². The minimum atomic E-state index is -0.974. The summed E-state index contributed by atoms with van der Waals surface area (Å²) >= 11 is 3.23. The minimum Gasteiger partial charge on any atom is -0.478 e. The molecule has 0 radical (unpaired) electrons. The van der Waals surface area contributed by atoms with E-state index in [9.17, 15) is 4.79 Å². The molecule has 1 aliphatic rings. The highest BCUT2D eigenvalue weighted by molar-refractivity contribution is 9.10. The molecule has 1 saturated heterocycles. The fourth-order valence-corrected chi connectivity index (χ4v) is 2.34. The number of nitrogens with zero attached hydrogens (tertiary/aromatic N) is 2. The summed E-state index contributed by atoms with van der Waals surface area (Å²) in [6, 6.07) is 1.56. The molecule has 1 fully saturated rings. The maximum atomic E-state index is 11.1. The maximum absolute atomic E-state index is 11.1. The van der Waals surface area contributed by atoms with Crippen molar-refractivity contribution in [3.05, 3.63) is 22.3 Å². The van der Waals surface area contributed by atoms with Crippen LogP contribution >= 0.6 is 15.9 Å². The quantitative estimate of drug-likeness (QED) is 0.744. The average molecular weight is 329 g/mol. The SMILES string of the molecule is O=C(O)c1cc(Br)cnc1NCCN1CCNCC1. The first-order valence-corrected chi connectivity index (χ1v) is 7.02. The van der Waals surface area contributed by atoms with Crippen molar-refractivity contribution in [1.82, 2.24) is 15.2 Å². The lowest BCUT2D eigenvalue weighted by molar-refractivity contribution is 0.0697. The number of rotatable bonds is 5. The number of halogens is 1. The zero-order chi connectivity index (χ0) is 13.7. The second kappa shape index (κ2) is 6.83. The molecule has 1 aromatic heterocycles. The standard InChI is InChI=1S/C12H17BrN4O2/c13-9-7-10(12(18)19)11(16-8-9)15-3-6-17-4-1-14-2-5-17/h7-8,14H,1-6H2,(H,15,16)(H,18,19). The largest absolute Gasteiger partial charge is 0.478 e. The number of pyridine rings is 1. The lowest BCUT2D eigenvalue weighted by Gasteiger charge is -2.27. The van der Waals surface area contributed by atoms with Gasteiger partial charge in [-0.25, -0.2) is 9.78 Å². The molecule has 104 valence electrons. The van der Waals surface area contributed by atoms with Crippen molar-refractivity contribution in [2.75, 3.05) is 44.6 Å². The molecule has 0 spiro atoms. The minimum absolute atomic E-state index is 0.190. The number of aromatic carboxylic acids is 1.